The summed E-state index contributed by atoms with van der Waals surface area (Å²) in [4.78, 5) is 12.5. The molecule has 2 aromatic carbocycles. The summed E-state index contributed by atoms with van der Waals surface area (Å²) >= 11 is 5.94. The van der Waals surface area contributed by atoms with E-state index < -0.39 is 22.0 Å². The number of amides is 1. The lowest BCUT2D eigenvalue weighted by molar-refractivity contribution is -0.123. The predicted octanol–water partition coefficient (Wildman–Crippen LogP) is 2.89. The Hall–Kier alpha value is -2.09. The quantitative estimate of drug-likeness (QED) is 0.753. The van der Waals surface area contributed by atoms with Gasteiger partial charge < -0.3 is 10.1 Å². The number of carbonyl (C=O) groups excluding carboxylic acids is 1. The molecular weight excluding hydrogens is 376 g/mol. The van der Waals surface area contributed by atoms with Gasteiger partial charge in [0.15, 0.2) is 0 Å². The maximum atomic E-state index is 12.9. The number of halogens is 1. The van der Waals surface area contributed by atoms with Crippen molar-refractivity contribution < 1.29 is 17.9 Å². The van der Waals surface area contributed by atoms with Crippen LogP contribution in [0.5, 0.6) is 5.75 Å². The maximum Gasteiger partial charge on any atom is 0.245 e. The lowest BCUT2D eigenvalue weighted by atomic mass is 10.1. The SMILES string of the molecule is COc1ccc(Cl)cc1S(=O)(=O)N[C@H](C(=O)NC(C)C)c1ccccc1. The molecule has 0 heterocycles. The van der Waals surface area contributed by atoms with Crippen LogP contribution in [0, 0.1) is 0 Å². The first-order valence-electron chi connectivity index (χ1n) is 7.96. The van der Waals surface area contributed by atoms with E-state index in [4.69, 9.17) is 16.3 Å². The second kappa shape index (κ2) is 8.53. The van der Waals surface area contributed by atoms with Crippen LogP contribution in [0.2, 0.25) is 5.02 Å². The van der Waals surface area contributed by atoms with E-state index in [1.165, 1.54) is 25.3 Å². The summed E-state index contributed by atoms with van der Waals surface area (Å²) in [6, 6.07) is 11.7. The monoisotopic (exact) mass is 396 g/mol. The Morgan fingerprint density at radius 2 is 1.77 bits per heavy atom. The number of carbonyl (C=O) groups is 1. The molecule has 0 radical (unpaired) electrons. The molecule has 1 amide bonds. The number of ether oxygens (including phenoxy) is 1. The molecule has 0 saturated carbocycles. The van der Waals surface area contributed by atoms with Gasteiger partial charge in [-0.15, -0.1) is 0 Å². The van der Waals surface area contributed by atoms with Crippen LogP contribution < -0.4 is 14.8 Å². The number of hydrogen-bond acceptors (Lipinski definition) is 4. The van der Waals surface area contributed by atoms with Crippen molar-refractivity contribution in [3.63, 3.8) is 0 Å². The standard InChI is InChI=1S/C18H21ClN2O4S/c1-12(2)20-18(22)17(13-7-5-4-6-8-13)21-26(23,24)16-11-14(19)9-10-15(16)25-3/h4-12,17,21H,1-3H3,(H,20,22)/t17-/m0/s1. The molecule has 2 N–H and O–H groups in total. The third-order valence-corrected chi connectivity index (χ3v) is 5.19. The summed E-state index contributed by atoms with van der Waals surface area (Å²) in [5, 5.41) is 2.98. The van der Waals surface area contributed by atoms with Gasteiger partial charge in [-0.3, -0.25) is 4.79 Å². The summed E-state index contributed by atoms with van der Waals surface area (Å²) in [7, 11) is -2.71. The molecule has 0 fully saturated rings. The zero-order chi connectivity index (χ0) is 19.3. The van der Waals surface area contributed by atoms with Gasteiger partial charge in [0.2, 0.25) is 15.9 Å². The van der Waals surface area contributed by atoms with E-state index in [9.17, 15) is 13.2 Å². The number of hydrogen-bond donors (Lipinski definition) is 2. The molecule has 0 aliphatic carbocycles. The molecule has 2 rings (SSSR count). The summed E-state index contributed by atoms with van der Waals surface area (Å²) in [5.74, 6) is -0.311. The lowest BCUT2D eigenvalue weighted by Gasteiger charge is -2.21. The third-order valence-electron chi connectivity index (χ3n) is 3.51. The first-order chi connectivity index (χ1) is 12.2. The molecule has 0 aliphatic rings. The highest BCUT2D eigenvalue weighted by atomic mass is 35.5. The summed E-state index contributed by atoms with van der Waals surface area (Å²) in [6.07, 6.45) is 0. The maximum absolute atomic E-state index is 12.9. The Bertz CT molecular complexity index is 870. The Balaban J connectivity index is 2.44. The Morgan fingerprint density at radius 1 is 1.12 bits per heavy atom. The predicted molar refractivity (Wildman–Crippen MR) is 101 cm³/mol. The zero-order valence-corrected chi connectivity index (χ0v) is 16.3. The molecule has 0 spiro atoms. The molecule has 26 heavy (non-hydrogen) atoms. The van der Waals surface area contributed by atoms with Crippen molar-refractivity contribution in [1.82, 2.24) is 10.0 Å². The van der Waals surface area contributed by atoms with Crippen LogP contribution in [0.3, 0.4) is 0 Å². The number of nitrogens with one attached hydrogen (secondary N) is 2. The van der Waals surface area contributed by atoms with Crippen molar-refractivity contribution in [3.8, 4) is 5.75 Å². The lowest BCUT2D eigenvalue weighted by Crippen LogP contribution is -2.42. The van der Waals surface area contributed by atoms with Crippen molar-refractivity contribution in [2.75, 3.05) is 7.11 Å². The van der Waals surface area contributed by atoms with Crippen molar-refractivity contribution in [2.45, 2.75) is 30.8 Å². The summed E-state index contributed by atoms with van der Waals surface area (Å²) < 4.78 is 33.4. The first kappa shape index (κ1) is 20.2. The molecule has 2 aromatic rings. The zero-order valence-electron chi connectivity index (χ0n) is 14.7. The molecule has 0 aromatic heterocycles. The number of methoxy groups -OCH3 is 1. The highest BCUT2D eigenvalue weighted by Crippen LogP contribution is 2.28. The fraction of sp³-hybridized carbons (Fsp3) is 0.278. The highest BCUT2D eigenvalue weighted by molar-refractivity contribution is 7.89. The molecule has 6 nitrogen and oxygen atoms in total. The van der Waals surface area contributed by atoms with Gasteiger partial charge in [-0.05, 0) is 37.6 Å². The van der Waals surface area contributed by atoms with Gasteiger partial charge in [-0.1, -0.05) is 41.9 Å². The number of rotatable bonds is 7. The van der Waals surface area contributed by atoms with Crippen molar-refractivity contribution in [3.05, 3.63) is 59.1 Å². The molecule has 140 valence electrons. The molecule has 0 unspecified atom stereocenters. The Labute approximate surface area is 158 Å². The minimum Gasteiger partial charge on any atom is -0.495 e. The first-order valence-corrected chi connectivity index (χ1v) is 9.82. The summed E-state index contributed by atoms with van der Waals surface area (Å²) in [5.41, 5.74) is 0.523. The van der Waals surface area contributed by atoms with Crippen LogP contribution in [0.15, 0.2) is 53.4 Å². The number of sulfonamides is 1. The van der Waals surface area contributed by atoms with Crippen LogP contribution in [0.4, 0.5) is 0 Å². The molecule has 8 heteroatoms. The second-order valence-corrected chi connectivity index (χ2v) is 8.04. The van der Waals surface area contributed by atoms with Gasteiger partial charge >= 0.3 is 0 Å². The van der Waals surface area contributed by atoms with Gasteiger partial charge in [0, 0.05) is 11.1 Å². The largest absolute Gasteiger partial charge is 0.495 e. The van der Waals surface area contributed by atoms with Gasteiger partial charge in [0.05, 0.1) is 7.11 Å². The Kier molecular flexibility index (Phi) is 6.63. The molecule has 0 bridgehead atoms. The van der Waals surface area contributed by atoms with Gasteiger partial charge in [0.25, 0.3) is 0 Å². The summed E-state index contributed by atoms with van der Waals surface area (Å²) in [6.45, 7) is 3.60. The second-order valence-electron chi connectivity index (χ2n) is 5.92. The average molecular weight is 397 g/mol. The average Bonchev–Trinajstić information content (AvgIpc) is 2.60. The van der Waals surface area contributed by atoms with Gasteiger partial charge in [-0.2, -0.15) is 4.72 Å². The molecule has 0 saturated heterocycles. The van der Waals surface area contributed by atoms with Crippen LogP contribution in [-0.4, -0.2) is 27.5 Å². The van der Waals surface area contributed by atoms with E-state index in [-0.39, 0.29) is 21.7 Å². The van der Waals surface area contributed by atoms with E-state index in [0.717, 1.165) is 0 Å². The fourth-order valence-corrected chi connectivity index (χ4v) is 3.98. The van der Waals surface area contributed by atoms with Crippen molar-refractivity contribution in [2.24, 2.45) is 0 Å². The smallest absolute Gasteiger partial charge is 0.245 e. The minimum absolute atomic E-state index is 0.134. The minimum atomic E-state index is -4.07. The molecular formula is C18H21ClN2O4S. The van der Waals surface area contributed by atoms with E-state index in [1.54, 1.807) is 44.2 Å². The molecule has 1 atom stereocenters. The van der Waals surface area contributed by atoms with Gasteiger partial charge in [-0.25, -0.2) is 8.42 Å². The van der Waals surface area contributed by atoms with Crippen LogP contribution in [0.25, 0.3) is 0 Å². The normalized spacial score (nSPS) is 12.7. The van der Waals surface area contributed by atoms with Crippen LogP contribution in [0.1, 0.15) is 25.5 Å². The third kappa shape index (κ3) is 4.97. The van der Waals surface area contributed by atoms with E-state index in [2.05, 4.69) is 10.0 Å². The van der Waals surface area contributed by atoms with Gasteiger partial charge in [0.1, 0.15) is 16.7 Å². The van der Waals surface area contributed by atoms with Crippen molar-refractivity contribution in [1.29, 1.82) is 0 Å². The van der Waals surface area contributed by atoms with E-state index in [1.807, 2.05) is 0 Å². The highest BCUT2D eigenvalue weighted by Gasteiger charge is 2.29. The Morgan fingerprint density at radius 3 is 2.35 bits per heavy atom. The fourth-order valence-electron chi connectivity index (χ4n) is 2.37. The van der Waals surface area contributed by atoms with Crippen LogP contribution in [-0.2, 0) is 14.8 Å². The van der Waals surface area contributed by atoms with Crippen molar-refractivity contribution >= 4 is 27.5 Å². The van der Waals surface area contributed by atoms with E-state index >= 15 is 0 Å². The topological polar surface area (TPSA) is 84.5 Å². The molecule has 0 aliphatic heterocycles. The van der Waals surface area contributed by atoms with Crippen LogP contribution >= 0.6 is 11.6 Å². The number of benzene rings is 2. The van der Waals surface area contributed by atoms with E-state index in [0.29, 0.717) is 5.56 Å².